The van der Waals surface area contributed by atoms with Gasteiger partial charge in [0.05, 0.1) is 11.6 Å². The zero-order valence-electron chi connectivity index (χ0n) is 14.9. The SMILES string of the molecule is CCc1ccc(-n2ccc(C#N)c2C(=O)N[C@H](C)c2ccccc2)cc1. The molecule has 4 heteroatoms. The van der Waals surface area contributed by atoms with Gasteiger partial charge in [0.25, 0.3) is 5.91 Å². The van der Waals surface area contributed by atoms with Gasteiger partial charge >= 0.3 is 0 Å². The summed E-state index contributed by atoms with van der Waals surface area (Å²) < 4.78 is 1.77. The van der Waals surface area contributed by atoms with Gasteiger partial charge in [0.2, 0.25) is 0 Å². The van der Waals surface area contributed by atoms with Crippen molar-refractivity contribution < 1.29 is 4.79 Å². The zero-order chi connectivity index (χ0) is 18.5. The van der Waals surface area contributed by atoms with Crippen molar-refractivity contribution in [3.8, 4) is 11.8 Å². The molecular weight excluding hydrogens is 322 g/mol. The summed E-state index contributed by atoms with van der Waals surface area (Å²) in [6.07, 6.45) is 2.72. The highest BCUT2D eigenvalue weighted by atomic mass is 16.2. The lowest BCUT2D eigenvalue weighted by atomic mass is 10.1. The van der Waals surface area contributed by atoms with Crippen molar-refractivity contribution >= 4 is 5.91 Å². The number of benzene rings is 2. The quantitative estimate of drug-likeness (QED) is 0.746. The molecule has 0 bridgehead atoms. The van der Waals surface area contributed by atoms with Gasteiger partial charge in [0.15, 0.2) is 0 Å². The van der Waals surface area contributed by atoms with Crippen LogP contribution in [0, 0.1) is 11.3 Å². The van der Waals surface area contributed by atoms with Crippen molar-refractivity contribution in [3.05, 3.63) is 89.2 Å². The number of nitrogens with one attached hydrogen (secondary N) is 1. The van der Waals surface area contributed by atoms with E-state index >= 15 is 0 Å². The smallest absolute Gasteiger partial charge is 0.270 e. The van der Waals surface area contributed by atoms with Gasteiger partial charge in [-0.3, -0.25) is 4.79 Å². The summed E-state index contributed by atoms with van der Waals surface area (Å²) in [7, 11) is 0. The third-order valence-electron chi connectivity index (χ3n) is 4.49. The Hall–Kier alpha value is -3.32. The highest BCUT2D eigenvalue weighted by Gasteiger charge is 2.20. The van der Waals surface area contributed by atoms with Crippen LogP contribution < -0.4 is 5.32 Å². The van der Waals surface area contributed by atoms with Crippen LogP contribution >= 0.6 is 0 Å². The molecule has 1 heterocycles. The summed E-state index contributed by atoms with van der Waals surface area (Å²) >= 11 is 0. The first kappa shape index (κ1) is 17.5. The molecule has 26 heavy (non-hydrogen) atoms. The Labute approximate surface area is 153 Å². The molecule has 3 aromatic rings. The highest BCUT2D eigenvalue weighted by molar-refractivity contribution is 5.96. The number of nitriles is 1. The van der Waals surface area contributed by atoms with Crippen molar-refractivity contribution in [2.75, 3.05) is 0 Å². The number of hydrogen-bond donors (Lipinski definition) is 1. The standard InChI is InChI=1S/C22H21N3O/c1-3-17-9-11-20(12-10-17)25-14-13-19(15-23)21(25)22(26)24-16(2)18-7-5-4-6-8-18/h4-14,16H,3H2,1-2H3,(H,24,26)/t16-/m1/s1. The molecule has 0 spiro atoms. The fourth-order valence-corrected chi connectivity index (χ4v) is 2.95. The van der Waals surface area contributed by atoms with E-state index in [1.54, 1.807) is 16.8 Å². The van der Waals surface area contributed by atoms with E-state index in [-0.39, 0.29) is 11.9 Å². The Kier molecular flexibility index (Phi) is 5.19. The molecule has 0 aliphatic rings. The van der Waals surface area contributed by atoms with Crippen molar-refractivity contribution in [1.29, 1.82) is 5.26 Å². The molecule has 0 fully saturated rings. The van der Waals surface area contributed by atoms with Crippen LogP contribution in [0.2, 0.25) is 0 Å². The van der Waals surface area contributed by atoms with Gasteiger partial charge in [-0.05, 0) is 42.7 Å². The number of carbonyl (C=O) groups is 1. The van der Waals surface area contributed by atoms with Gasteiger partial charge in [-0.15, -0.1) is 0 Å². The summed E-state index contributed by atoms with van der Waals surface area (Å²) in [5.41, 5.74) is 3.83. The molecule has 1 amide bonds. The Morgan fingerprint density at radius 2 is 1.81 bits per heavy atom. The van der Waals surface area contributed by atoms with E-state index in [4.69, 9.17) is 0 Å². The minimum absolute atomic E-state index is 0.152. The van der Waals surface area contributed by atoms with Gasteiger partial charge < -0.3 is 9.88 Å². The average molecular weight is 343 g/mol. The van der Waals surface area contributed by atoms with E-state index in [9.17, 15) is 10.1 Å². The van der Waals surface area contributed by atoms with E-state index in [1.807, 2.05) is 61.5 Å². The van der Waals surface area contributed by atoms with Crippen molar-refractivity contribution in [1.82, 2.24) is 9.88 Å². The predicted molar refractivity (Wildman–Crippen MR) is 102 cm³/mol. The monoisotopic (exact) mass is 343 g/mol. The Bertz CT molecular complexity index is 934. The topological polar surface area (TPSA) is 57.8 Å². The third kappa shape index (κ3) is 3.52. The van der Waals surface area contributed by atoms with Crippen LogP contribution in [0.25, 0.3) is 5.69 Å². The zero-order valence-corrected chi connectivity index (χ0v) is 14.9. The van der Waals surface area contributed by atoms with E-state index in [1.165, 1.54) is 5.56 Å². The van der Waals surface area contributed by atoms with E-state index in [0.29, 0.717) is 11.3 Å². The third-order valence-corrected chi connectivity index (χ3v) is 4.49. The summed E-state index contributed by atoms with van der Waals surface area (Å²) in [5.74, 6) is -0.262. The molecule has 1 atom stereocenters. The number of aromatic nitrogens is 1. The molecule has 4 nitrogen and oxygen atoms in total. The second-order valence-corrected chi connectivity index (χ2v) is 6.19. The number of nitrogens with zero attached hydrogens (tertiary/aromatic N) is 2. The maximum atomic E-state index is 12.9. The average Bonchev–Trinajstić information content (AvgIpc) is 3.13. The molecule has 0 radical (unpaired) electrons. The van der Waals surface area contributed by atoms with Gasteiger partial charge in [0, 0.05) is 11.9 Å². The summed E-state index contributed by atoms with van der Waals surface area (Å²) in [6, 6.07) is 21.4. The number of amides is 1. The lowest BCUT2D eigenvalue weighted by molar-refractivity contribution is 0.0933. The van der Waals surface area contributed by atoms with Gasteiger partial charge in [0.1, 0.15) is 11.8 Å². The van der Waals surface area contributed by atoms with Gasteiger partial charge in [-0.1, -0.05) is 49.4 Å². The first-order valence-corrected chi connectivity index (χ1v) is 8.70. The number of rotatable bonds is 5. The molecule has 1 aromatic heterocycles. The van der Waals surface area contributed by atoms with Crippen LogP contribution in [0.4, 0.5) is 0 Å². The summed E-state index contributed by atoms with van der Waals surface area (Å²) in [4.78, 5) is 12.9. The molecule has 0 aliphatic heterocycles. The Morgan fingerprint density at radius 1 is 1.12 bits per heavy atom. The Morgan fingerprint density at radius 3 is 2.42 bits per heavy atom. The molecule has 0 aliphatic carbocycles. The van der Waals surface area contributed by atoms with E-state index < -0.39 is 0 Å². The number of hydrogen-bond acceptors (Lipinski definition) is 2. The molecule has 0 saturated heterocycles. The maximum Gasteiger partial charge on any atom is 0.270 e. The first-order valence-electron chi connectivity index (χ1n) is 8.70. The number of carbonyl (C=O) groups excluding carboxylic acids is 1. The van der Waals surface area contributed by atoms with Gasteiger partial charge in [-0.25, -0.2) is 0 Å². The fraction of sp³-hybridized carbons (Fsp3) is 0.182. The van der Waals surface area contributed by atoms with E-state index in [0.717, 1.165) is 17.7 Å². The highest BCUT2D eigenvalue weighted by Crippen LogP contribution is 2.20. The largest absolute Gasteiger partial charge is 0.344 e. The minimum atomic E-state index is -0.262. The van der Waals surface area contributed by atoms with Crippen LogP contribution in [0.5, 0.6) is 0 Å². The second kappa shape index (κ2) is 7.71. The molecule has 0 unspecified atom stereocenters. The summed E-state index contributed by atoms with van der Waals surface area (Å²) in [5, 5.41) is 12.4. The van der Waals surface area contributed by atoms with Crippen LogP contribution in [-0.2, 0) is 6.42 Å². The fourth-order valence-electron chi connectivity index (χ4n) is 2.95. The predicted octanol–water partition coefficient (Wildman–Crippen LogP) is 4.40. The van der Waals surface area contributed by atoms with Crippen LogP contribution in [-0.4, -0.2) is 10.5 Å². The normalized spacial score (nSPS) is 11.6. The molecule has 1 N–H and O–H groups in total. The van der Waals surface area contributed by atoms with E-state index in [2.05, 4.69) is 18.3 Å². The van der Waals surface area contributed by atoms with Crippen molar-refractivity contribution in [3.63, 3.8) is 0 Å². The molecular formula is C22H21N3O. The van der Waals surface area contributed by atoms with Crippen LogP contribution in [0.15, 0.2) is 66.9 Å². The maximum absolute atomic E-state index is 12.9. The minimum Gasteiger partial charge on any atom is -0.344 e. The molecule has 130 valence electrons. The second-order valence-electron chi connectivity index (χ2n) is 6.19. The Balaban J connectivity index is 1.92. The van der Waals surface area contributed by atoms with Crippen molar-refractivity contribution in [2.24, 2.45) is 0 Å². The number of aryl methyl sites for hydroxylation is 1. The van der Waals surface area contributed by atoms with Crippen molar-refractivity contribution in [2.45, 2.75) is 26.3 Å². The lowest BCUT2D eigenvalue weighted by Gasteiger charge is -2.16. The molecule has 0 saturated carbocycles. The summed E-state index contributed by atoms with van der Waals surface area (Å²) in [6.45, 7) is 4.03. The molecule has 3 rings (SSSR count). The van der Waals surface area contributed by atoms with Crippen LogP contribution in [0.1, 0.15) is 47.1 Å². The van der Waals surface area contributed by atoms with Gasteiger partial charge in [-0.2, -0.15) is 5.26 Å². The first-order chi connectivity index (χ1) is 12.6. The molecule has 2 aromatic carbocycles. The van der Waals surface area contributed by atoms with Crippen LogP contribution in [0.3, 0.4) is 0 Å². The lowest BCUT2D eigenvalue weighted by Crippen LogP contribution is -2.29.